The van der Waals surface area contributed by atoms with Gasteiger partial charge in [-0.3, -0.25) is 4.98 Å². The van der Waals surface area contributed by atoms with Gasteiger partial charge in [-0.15, -0.1) is 0 Å². The molecule has 1 fully saturated rings. The molecule has 0 bridgehead atoms. The Kier molecular flexibility index (Phi) is 2.30. The van der Waals surface area contributed by atoms with E-state index in [-0.39, 0.29) is 5.25 Å². The highest BCUT2D eigenvalue weighted by Crippen LogP contribution is 2.41. The zero-order valence-electron chi connectivity index (χ0n) is 7.60. The van der Waals surface area contributed by atoms with Crippen molar-refractivity contribution < 1.29 is 5.11 Å². The van der Waals surface area contributed by atoms with Crippen molar-refractivity contribution in [2.24, 2.45) is 0 Å². The zero-order valence-corrected chi connectivity index (χ0v) is 8.42. The number of nitrogens with zero attached hydrogens (tertiary/aromatic N) is 1. The first-order valence-corrected chi connectivity index (χ1v) is 5.54. The van der Waals surface area contributed by atoms with Crippen LogP contribution in [0.2, 0.25) is 0 Å². The fourth-order valence-corrected chi connectivity index (χ4v) is 2.98. The van der Waals surface area contributed by atoms with E-state index in [1.165, 1.54) is 0 Å². The van der Waals surface area contributed by atoms with Crippen molar-refractivity contribution in [2.45, 2.75) is 24.2 Å². The molecule has 0 saturated carbocycles. The number of aliphatic hydroxyl groups is 1. The highest BCUT2D eigenvalue weighted by molar-refractivity contribution is 8.00. The van der Waals surface area contributed by atoms with E-state index < -0.39 is 5.60 Å². The molecule has 13 heavy (non-hydrogen) atoms. The summed E-state index contributed by atoms with van der Waals surface area (Å²) in [7, 11) is 0. The SMILES string of the molecule is CC1SCCC1(O)c1ccccn1. The van der Waals surface area contributed by atoms with Crippen LogP contribution in [0.25, 0.3) is 0 Å². The number of hydrogen-bond acceptors (Lipinski definition) is 3. The van der Waals surface area contributed by atoms with Gasteiger partial charge in [0.2, 0.25) is 0 Å². The van der Waals surface area contributed by atoms with Gasteiger partial charge in [0, 0.05) is 11.4 Å². The van der Waals surface area contributed by atoms with Crippen LogP contribution in [-0.4, -0.2) is 21.1 Å². The molecular weight excluding hydrogens is 182 g/mol. The normalized spacial score (nSPS) is 33.5. The van der Waals surface area contributed by atoms with Crippen molar-refractivity contribution in [3.63, 3.8) is 0 Å². The lowest BCUT2D eigenvalue weighted by molar-refractivity contribution is 0.0382. The quantitative estimate of drug-likeness (QED) is 0.741. The van der Waals surface area contributed by atoms with E-state index in [1.54, 1.807) is 6.20 Å². The highest BCUT2D eigenvalue weighted by Gasteiger charge is 2.41. The molecular formula is C10H13NOS. The smallest absolute Gasteiger partial charge is 0.119 e. The van der Waals surface area contributed by atoms with Crippen molar-refractivity contribution in [1.82, 2.24) is 4.98 Å². The molecule has 1 aromatic rings. The molecule has 1 aromatic heterocycles. The van der Waals surface area contributed by atoms with Crippen LogP contribution in [0.3, 0.4) is 0 Å². The predicted octanol–water partition coefficient (Wildman–Crippen LogP) is 1.79. The zero-order chi connectivity index (χ0) is 9.31. The molecule has 1 aliphatic heterocycles. The topological polar surface area (TPSA) is 33.1 Å². The van der Waals surface area contributed by atoms with Gasteiger partial charge in [-0.2, -0.15) is 11.8 Å². The Morgan fingerprint density at radius 1 is 1.62 bits per heavy atom. The lowest BCUT2D eigenvalue weighted by Crippen LogP contribution is -2.32. The van der Waals surface area contributed by atoms with Gasteiger partial charge in [-0.1, -0.05) is 13.0 Å². The van der Waals surface area contributed by atoms with Gasteiger partial charge in [-0.05, 0) is 24.3 Å². The molecule has 70 valence electrons. The number of aromatic nitrogens is 1. The lowest BCUT2D eigenvalue weighted by Gasteiger charge is -2.25. The second-order valence-electron chi connectivity index (χ2n) is 3.40. The molecule has 0 aromatic carbocycles. The van der Waals surface area contributed by atoms with Crippen LogP contribution in [0.4, 0.5) is 0 Å². The Hall–Kier alpha value is -0.540. The van der Waals surface area contributed by atoms with E-state index in [9.17, 15) is 5.11 Å². The van der Waals surface area contributed by atoms with Crippen LogP contribution in [-0.2, 0) is 5.60 Å². The summed E-state index contributed by atoms with van der Waals surface area (Å²) >= 11 is 1.81. The summed E-state index contributed by atoms with van der Waals surface area (Å²) in [4.78, 5) is 4.22. The Balaban J connectivity index is 2.34. The Morgan fingerprint density at radius 3 is 3.00 bits per heavy atom. The Morgan fingerprint density at radius 2 is 2.46 bits per heavy atom. The number of rotatable bonds is 1. The number of hydrogen-bond donors (Lipinski definition) is 1. The fourth-order valence-electron chi connectivity index (χ4n) is 1.69. The third kappa shape index (κ3) is 1.46. The van der Waals surface area contributed by atoms with E-state index >= 15 is 0 Å². The van der Waals surface area contributed by atoms with Crippen LogP contribution in [0.15, 0.2) is 24.4 Å². The molecule has 2 heterocycles. The van der Waals surface area contributed by atoms with Crippen molar-refractivity contribution in [1.29, 1.82) is 0 Å². The van der Waals surface area contributed by atoms with Crippen molar-refractivity contribution in [3.8, 4) is 0 Å². The molecule has 1 aliphatic rings. The predicted molar refractivity (Wildman–Crippen MR) is 54.7 cm³/mol. The summed E-state index contributed by atoms with van der Waals surface area (Å²) in [5, 5.41) is 10.6. The molecule has 1 N–H and O–H groups in total. The summed E-state index contributed by atoms with van der Waals surface area (Å²) in [6.45, 7) is 2.06. The van der Waals surface area contributed by atoms with E-state index in [4.69, 9.17) is 0 Å². The summed E-state index contributed by atoms with van der Waals surface area (Å²) < 4.78 is 0. The second-order valence-corrected chi connectivity index (χ2v) is 4.85. The van der Waals surface area contributed by atoms with E-state index in [0.717, 1.165) is 17.9 Å². The molecule has 2 atom stereocenters. The number of thioether (sulfide) groups is 1. The summed E-state index contributed by atoms with van der Waals surface area (Å²) in [5.41, 5.74) is 0.110. The first-order valence-electron chi connectivity index (χ1n) is 4.49. The van der Waals surface area contributed by atoms with E-state index in [2.05, 4.69) is 11.9 Å². The van der Waals surface area contributed by atoms with Crippen LogP contribution in [0.5, 0.6) is 0 Å². The summed E-state index contributed by atoms with van der Waals surface area (Å²) in [5.74, 6) is 1.02. The minimum absolute atomic E-state index is 0.252. The number of pyridine rings is 1. The average Bonchev–Trinajstić information content (AvgIpc) is 2.50. The van der Waals surface area contributed by atoms with Crippen LogP contribution >= 0.6 is 11.8 Å². The Bertz CT molecular complexity index is 290. The molecule has 0 aliphatic carbocycles. The van der Waals surface area contributed by atoms with Crippen LogP contribution in [0.1, 0.15) is 19.0 Å². The fraction of sp³-hybridized carbons (Fsp3) is 0.500. The molecule has 2 rings (SSSR count). The van der Waals surface area contributed by atoms with Crippen LogP contribution in [0, 0.1) is 0 Å². The van der Waals surface area contributed by atoms with Gasteiger partial charge in [0.05, 0.1) is 5.69 Å². The summed E-state index contributed by atoms with van der Waals surface area (Å²) in [6.07, 6.45) is 2.55. The van der Waals surface area contributed by atoms with Crippen molar-refractivity contribution in [2.75, 3.05) is 5.75 Å². The van der Waals surface area contributed by atoms with Gasteiger partial charge in [0.15, 0.2) is 0 Å². The molecule has 3 heteroatoms. The molecule has 0 amide bonds. The maximum absolute atomic E-state index is 10.3. The highest BCUT2D eigenvalue weighted by atomic mass is 32.2. The molecule has 2 nitrogen and oxygen atoms in total. The second kappa shape index (κ2) is 3.31. The van der Waals surface area contributed by atoms with Crippen LogP contribution < -0.4 is 0 Å². The first kappa shape index (κ1) is 9.03. The monoisotopic (exact) mass is 195 g/mol. The molecule has 0 radical (unpaired) electrons. The van der Waals surface area contributed by atoms with E-state index in [0.29, 0.717) is 0 Å². The van der Waals surface area contributed by atoms with Gasteiger partial charge >= 0.3 is 0 Å². The standard InChI is InChI=1S/C10H13NOS/c1-8-10(12,5-7-13-8)9-4-2-3-6-11-9/h2-4,6,8,12H,5,7H2,1H3. The van der Waals surface area contributed by atoms with Gasteiger partial charge in [-0.25, -0.2) is 0 Å². The van der Waals surface area contributed by atoms with Crippen molar-refractivity contribution >= 4 is 11.8 Å². The third-order valence-electron chi connectivity index (χ3n) is 2.63. The lowest BCUT2D eigenvalue weighted by atomic mass is 9.93. The average molecular weight is 195 g/mol. The molecule has 2 unspecified atom stereocenters. The maximum Gasteiger partial charge on any atom is 0.119 e. The minimum Gasteiger partial charge on any atom is -0.382 e. The van der Waals surface area contributed by atoms with Gasteiger partial charge in [0.25, 0.3) is 0 Å². The Labute approximate surface area is 82.4 Å². The first-order chi connectivity index (χ1) is 6.23. The van der Waals surface area contributed by atoms with E-state index in [1.807, 2.05) is 30.0 Å². The molecule has 1 saturated heterocycles. The van der Waals surface area contributed by atoms with Gasteiger partial charge < -0.3 is 5.11 Å². The van der Waals surface area contributed by atoms with Crippen molar-refractivity contribution in [3.05, 3.63) is 30.1 Å². The largest absolute Gasteiger partial charge is 0.382 e. The van der Waals surface area contributed by atoms with Gasteiger partial charge in [0.1, 0.15) is 5.60 Å². The third-order valence-corrected chi connectivity index (χ3v) is 3.96. The minimum atomic E-state index is -0.702. The maximum atomic E-state index is 10.3. The summed E-state index contributed by atoms with van der Waals surface area (Å²) in [6, 6.07) is 5.71. The molecule has 0 spiro atoms.